The van der Waals surface area contributed by atoms with Gasteiger partial charge in [0.15, 0.2) is 22.2 Å². The normalized spacial score (nSPS) is 11.7. The van der Waals surface area contributed by atoms with E-state index in [1.807, 2.05) is 0 Å². The van der Waals surface area contributed by atoms with Crippen LogP contribution < -0.4 is 10.9 Å². The van der Waals surface area contributed by atoms with Crippen LogP contribution in [0.4, 0.5) is 8.78 Å². The molecule has 0 fully saturated rings. The molecule has 4 heterocycles. The smallest absolute Gasteiger partial charge is 0.198 e. The molecule has 3 aromatic carbocycles. The molecule has 5 nitrogen and oxygen atoms in total. The molecule has 4 aromatic heterocycles. The number of nitrogens with zero attached hydrogens (tertiary/aromatic N) is 3. The quantitative estimate of drug-likeness (QED) is 0.223. The maximum absolute atomic E-state index is 13.5. The number of fused-ring (bicyclic) bond motifs is 4. The van der Waals surface area contributed by atoms with E-state index in [4.69, 9.17) is 9.97 Å². The minimum Gasteiger partial charge on any atom is -0.288 e. The van der Waals surface area contributed by atoms with Crippen LogP contribution in [0, 0.1) is 11.6 Å². The summed E-state index contributed by atoms with van der Waals surface area (Å²) in [5, 5.41) is 1.50. The first-order valence-corrected chi connectivity index (χ1v) is 11.6. The lowest BCUT2D eigenvalue weighted by molar-refractivity contribution is 0.627. The number of para-hydroxylation sites is 1. The van der Waals surface area contributed by atoms with Gasteiger partial charge in [-0.2, -0.15) is 0 Å². The van der Waals surface area contributed by atoms with Crippen LogP contribution in [0.15, 0.2) is 101 Å². The molecule has 0 amide bonds. The Labute approximate surface area is 207 Å². The van der Waals surface area contributed by atoms with Gasteiger partial charge in [-0.1, -0.05) is 6.07 Å². The average Bonchev–Trinajstić information content (AvgIpc) is 2.93. The second-order valence-corrected chi connectivity index (χ2v) is 8.84. The predicted octanol–water partition coefficient (Wildman–Crippen LogP) is 5.96. The molecule has 0 unspecified atom stereocenters. The summed E-state index contributed by atoms with van der Waals surface area (Å²) in [4.78, 5) is 36.6. The summed E-state index contributed by atoms with van der Waals surface area (Å²) in [6, 6.07) is 23.8. The Bertz CT molecular complexity index is 1990. The Morgan fingerprint density at radius 3 is 1.38 bits per heavy atom. The predicted molar refractivity (Wildman–Crippen MR) is 140 cm³/mol. The number of hydrogen-bond acceptors (Lipinski definition) is 4. The topological polar surface area (TPSA) is 64.3 Å². The Balaban J connectivity index is 1.67. The first-order chi connectivity index (χ1) is 18.0. The number of rotatable bonds is 2. The molecule has 176 valence electrons. The molecule has 0 aliphatic rings. The Morgan fingerprint density at radius 1 is 0.514 bits per heavy atom. The van der Waals surface area contributed by atoms with Gasteiger partial charge in [-0.25, -0.2) is 18.7 Å². The Kier molecular flexibility index (Phi) is 4.44. The lowest BCUT2D eigenvalue weighted by Crippen LogP contribution is -2.15. The molecule has 0 bridgehead atoms. The highest BCUT2D eigenvalue weighted by atomic mass is 19.1. The van der Waals surface area contributed by atoms with Gasteiger partial charge in [0.05, 0.1) is 27.7 Å². The summed E-state index contributed by atoms with van der Waals surface area (Å²) in [7, 11) is 0. The fraction of sp³-hybridized carbons (Fsp3) is 0. The minimum atomic E-state index is -0.364. The molecule has 0 radical (unpaired) electrons. The molecule has 7 heteroatoms. The Hall–Kier alpha value is -5.04. The molecule has 7 rings (SSSR count). The summed E-state index contributed by atoms with van der Waals surface area (Å²) in [5.74, 6) is -0.729. The van der Waals surface area contributed by atoms with Crippen LogP contribution in [-0.4, -0.2) is 14.4 Å². The van der Waals surface area contributed by atoms with Crippen molar-refractivity contribution in [3.8, 4) is 22.5 Å². The van der Waals surface area contributed by atoms with Crippen molar-refractivity contribution in [2.45, 2.75) is 0 Å². The first kappa shape index (κ1) is 21.3. The van der Waals surface area contributed by atoms with Gasteiger partial charge in [0, 0.05) is 21.9 Å². The van der Waals surface area contributed by atoms with Crippen LogP contribution in [0.5, 0.6) is 0 Å². The van der Waals surface area contributed by atoms with E-state index >= 15 is 0 Å². The maximum atomic E-state index is 13.5. The molecular weight excluding hydrogens is 472 g/mol. The second kappa shape index (κ2) is 7.73. The molecule has 0 N–H and O–H groups in total. The van der Waals surface area contributed by atoms with Crippen LogP contribution >= 0.6 is 0 Å². The largest absolute Gasteiger partial charge is 0.288 e. The van der Waals surface area contributed by atoms with E-state index in [1.165, 1.54) is 24.3 Å². The molecule has 0 spiro atoms. The molecular formula is C30H15F2N3O2. The fourth-order valence-electron chi connectivity index (χ4n) is 4.91. The van der Waals surface area contributed by atoms with Gasteiger partial charge in [0.1, 0.15) is 11.6 Å². The number of pyridine rings is 4. The third-order valence-corrected chi connectivity index (χ3v) is 6.69. The van der Waals surface area contributed by atoms with Gasteiger partial charge in [0.25, 0.3) is 0 Å². The molecule has 0 aliphatic carbocycles. The molecule has 0 aliphatic heterocycles. The van der Waals surface area contributed by atoms with Crippen LogP contribution in [0.1, 0.15) is 0 Å². The van der Waals surface area contributed by atoms with Crippen molar-refractivity contribution in [2.75, 3.05) is 0 Å². The Morgan fingerprint density at radius 2 is 0.946 bits per heavy atom. The van der Waals surface area contributed by atoms with Crippen molar-refractivity contribution in [1.29, 1.82) is 0 Å². The maximum Gasteiger partial charge on any atom is 0.198 e. The zero-order valence-corrected chi connectivity index (χ0v) is 19.1. The van der Waals surface area contributed by atoms with E-state index in [0.717, 1.165) is 0 Å². The van der Waals surface area contributed by atoms with Gasteiger partial charge in [-0.05, 0) is 84.9 Å². The first-order valence-electron chi connectivity index (χ1n) is 11.6. The third-order valence-electron chi connectivity index (χ3n) is 6.69. The lowest BCUT2D eigenvalue weighted by atomic mass is 10.0. The van der Waals surface area contributed by atoms with Crippen LogP contribution in [0.25, 0.3) is 60.9 Å². The number of hydrogen-bond donors (Lipinski definition) is 0. The van der Waals surface area contributed by atoms with E-state index in [0.29, 0.717) is 60.9 Å². The van der Waals surface area contributed by atoms with Crippen molar-refractivity contribution in [2.24, 2.45) is 0 Å². The average molecular weight is 487 g/mol. The lowest BCUT2D eigenvalue weighted by Gasteiger charge is -2.14. The summed E-state index contributed by atoms with van der Waals surface area (Å²) in [6.07, 6.45) is 0. The number of benzene rings is 3. The van der Waals surface area contributed by atoms with Gasteiger partial charge >= 0.3 is 0 Å². The van der Waals surface area contributed by atoms with Crippen molar-refractivity contribution >= 4 is 38.4 Å². The SMILES string of the molecule is O=c1c2ccc(-c3ccc(F)cc3)nc2n2c3nc(-c4ccc(F)cc4)ccc3c(=O)c3cccc1c32. The molecule has 0 saturated carbocycles. The van der Waals surface area contributed by atoms with E-state index in [2.05, 4.69) is 0 Å². The van der Waals surface area contributed by atoms with Crippen LogP contribution in [-0.2, 0) is 0 Å². The standard InChI is InChI=1S/C30H15F2N3O2/c31-18-8-4-16(5-9-18)24-14-12-22-27(36)20-2-1-3-21-26(20)35(29(22)33-24)30-23(28(21)37)13-15-25(34-30)17-6-10-19(32)11-7-17/h1-15H. The van der Waals surface area contributed by atoms with Gasteiger partial charge in [-0.15, -0.1) is 0 Å². The van der Waals surface area contributed by atoms with Crippen molar-refractivity contribution in [3.05, 3.63) is 123 Å². The third kappa shape index (κ3) is 3.14. The minimum absolute atomic E-state index is 0.243. The van der Waals surface area contributed by atoms with Crippen molar-refractivity contribution < 1.29 is 8.78 Å². The highest BCUT2D eigenvalue weighted by Gasteiger charge is 2.19. The zero-order valence-electron chi connectivity index (χ0n) is 19.1. The second-order valence-electron chi connectivity index (χ2n) is 8.84. The number of aromatic nitrogens is 3. The van der Waals surface area contributed by atoms with Crippen LogP contribution in [0.2, 0.25) is 0 Å². The molecule has 0 saturated heterocycles. The highest BCUT2D eigenvalue weighted by Crippen LogP contribution is 2.28. The monoisotopic (exact) mass is 487 g/mol. The number of halogens is 2. The molecule has 37 heavy (non-hydrogen) atoms. The highest BCUT2D eigenvalue weighted by molar-refractivity contribution is 6.06. The summed E-state index contributed by atoms with van der Waals surface area (Å²) in [6.45, 7) is 0. The van der Waals surface area contributed by atoms with E-state index in [1.54, 1.807) is 71.1 Å². The van der Waals surface area contributed by atoms with Gasteiger partial charge in [-0.3, -0.25) is 14.0 Å². The van der Waals surface area contributed by atoms with E-state index in [9.17, 15) is 18.4 Å². The van der Waals surface area contributed by atoms with Crippen LogP contribution in [0.3, 0.4) is 0 Å². The van der Waals surface area contributed by atoms with Gasteiger partial charge < -0.3 is 0 Å². The van der Waals surface area contributed by atoms with E-state index in [-0.39, 0.29) is 22.5 Å². The fourth-order valence-corrected chi connectivity index (χ4v) is 4.91. The summed E-state index contributed by atoms with van der Waals surface area (Å²) in [5.41, 5.74) is 3.06. The molecule has 0 atom stereocenters. The van der Waals surface area contributed by atoms with Crippen molar-refractivity contribution in [1.82, 2.24) is 14.4 Å². The van der Waals surface area contributed by atoms with Gasteiger partial charge in [0.2, 0.25) is 0 Å². The van der Waals surface area contributed by atoms with E-state index < -0.39 is 0 Å². The summed E-state index contributed by atoms with van der Waals surface area (Å²) >= 11 is 0. The molecule has 7 aromatic rings. The zero-order chi connectivity index (χ0) is 25.3. The summed E-state index contributed by atoms with van der Waals surface area (Å²) < 4.78 is 28.8. The van der Waals surface area contributed by atoms with Crippen molar-refractivity contribution in [3.63, 3.8) is 0 Å².